The highest BCUT2D eigenvalue weighted by Gasteiger charge is 2.08. The molecule has 0 aliphatic carbocycles. The number of phenols is 1. The number of halogens is 1. The Kier molecular flexibility index (Phi) is 3.93. The summed E-state index contributed by atoms with van der Waals surface area (Å²) < 4.78 is 13.2. The zero-order valence-electron chi connectivity index (χ0n) is 8.81. The lowest BCUT2D eigenvalue weighted by atomic mass is 10.0. The van der Waals surface area contributed by atoms with Crippen LogP contribution in [0.25, 0.3) is 0 Å². The van der Waals surface area contributed by atoms with Crippen LogP contribution in [0.15, 0.2) is 12.1 Å². The molecule has 0 saturated heterocycles. The van der Waals surface area contributed by atoms with E-state index in [4.69, 9.17) is 0 Å². The third-order valence-corrected chi connectivity index (χ3v) is 2.54. The van der Waals surface area contributed by atoms with Gasteiger partial charge in [-0.3, -0.25) is 0 Å². The fourth-order valence-corrected chi connectivity index (χ4v) is 1.58. The minimum Gasteiger partial charge on any atom is -0.508 e. The van der Waals surface area contributed by atoms with Gasteiger partial charge in [-0.15, -0.1) is 0 Å². The summed E-state index contributed by atoms with van der Waals surface area (Å²) in [5.41, 5.74) is 1.35. The first-order valence-corrected chi connectivity index (χ1v) is 5.13. The van der Waals surface area contributed by atoms with E-state index in [1.54, 1.807) is 6.92 Å². The van der Waals surface area contributed by atoms with Crippen LogP contribution in [0.1, 0.15) is 37.3 Å². The quantitative estimate of drug-likeness (QED) is 0.730. The van der Waals surface area contributed by atoms with Crippen LogP contribution in [-0.4, -0.2) is 5.11 Å². The molecular formula is C12H17FO. The summed E-state index contributed by atoms with van der Waals surface area (Å²) in [5.74, 6) is -0.00528. The van der Waals surface area contributed by atoms with Gasteiger partial charge in [0.15, 0.2) is 0 Å². The Hall–Kier alpha value is -1.05. The first-order chi connectivity index (χ1) is 6.66. The van der Waals surface area contributed by atoms with Gasteiger partial charge >= 0.3 is 0 Å². The zero-order chi connectivity index (χ0) is 10.6. The Balaban J connectivity index is 2.79. The molecule has 0 fully saturated rings. The Morgan fingerprint density at radius 1 is 1.29 bits per heavy atom. The van der Waals surface area contributed by atoms with Crippen molar-refractivity contribution in [2.45, 2.75) is 39.5 Å². The van der Waals surface area contributed by atoms with E-state index in [0.717, 1.165) is 31.2 Å². The molecule has 1 aromatic rings. The lowest BCUT2D eigenvalue weighted by Crippen LogP contribution is -1.94. The molecule has 0 amide bonds. The van der Waals surface area contributed by atoms with Crippen molar-refractivity contribution >= 4 is 0 Å². The maximum Gasteiger partial charge on any atom is 0.126 e. The first kappa shape index (κ1) is 11.0. The van der Waals surface area contributed by atoms with Crippen molar-refractivity contribution in [3.8, 4) is 5.75 Å². The van der Waals surface area contributed by atoms with Crippen molar-refractivity contribution in [1.29, 1.82) is 0 Å². The molecule has 0 unspecified atom stereocenters. The molecule has 0 aliphatic rings. The SMILES string of the molecule is CCCCCc1c(O)ccc(F)c1C. The van der Waals surface area contributed by atoms with Gasteiger partial charge in [-0.25, -0.2) is 4.39 Å². The summed E-state index contributed by atoms with van der Waals surface area (Å²) in [6.45, 7) is 3.84. The molecular weight excluding hydrogens is 179 g/mol. The van der Waals surface area contributed by atoms with E-state index in [0.29, 0.717) is 5.56 Å². The Labute approximate surface area is 84.6 Å². The fraction of sp³-hybridized carbons (Fsp3) is 0.500. The van der Waals surface area contributed by atoms with Crippen molar-refractivity contribution < 1.29 is 9.50 Å². The van der Waals surface area contributed by atoms with Crippen molar-refractivity contribution in [3.63, 3.8) is 0 Å². The van der Waals surface area contributed by atoms with E-state index in [1.807, 2.05) is 0 Å². The summed E-state index contributed by atoms with van der Waals surface area (Å²) in [6.07, 6.45) is 4.03. The van der Waals surface area contributed by atoms with E-state index < -0.39 is 0 Å². The van der Waals surface area contributed by atoms with Crippen molar-refractivity contribution in [3.05, 3.63) is 29.1 Å². The Morgan fingerprint density at radius 3 is 2.64 bits per heavy atom. The number of unbranched alkanes of at least 4 members (excludes halogenated alkanes) is 2. The monoisotopic (exact) mass is 196 g/mol. The van der Waals surface area contributed by atoms with Gasteiger partial charge in [0.25, 0.3) is 0 Å². The molecule has 1 N–H and O–H groups in total. The summed E-state index contributed by atoms with van der Waals surface area (Å²) in [7, 11) is 0. The summed E-state index contributed by atoms with van der Waals surface area (Å²) in [5, 5.41) is 9.55. The third-order valence-electron chi connectivity index (χ3n) is 2.54. The van der Waals surface area contributed by atoms with Gasteiger partial charge in [-0.05, 0) is 43.0 Å². The minimum absolute atomic E-state index is 0.222. The van der Waals surface area contributed by atoms with Crippen LogP contribution in [0, 0.1) is 12.7 Å². The van der Waals surface area contributed by atoms with Crippen molar-refractivity contribution in [2.75, 3.05) is 0 Å². The predicted octanol–water partition coefficient (Wildman–Crippen LogP) is 3.57. The number of rotatable bonds is 4. The molecule has 1 aromatic carbocycles. The number of aromatic hydroxyl groups is 1. The van der Waals surface area contributed by atoms with Gasteiger partial charge in [0, 0.05) is 0 Å². The maximum atomic E-state index is 13.2. The number of hydrogen-bond acceptors (Lipinski definition) is 1. The van der Waals surface area contributed by atoms with Crippen LogP contribution >= 0.6 is 0 Å². The van der Waals surface area contributed by atoms with Crippen LogP contribution in [0.3, 0.4) is 0 Å². The number of phenolic OH excluding ortho intramolecular Hbond substituents is 1. The highest BCUT2D eigenvalue weighted by Crippen LogP contribution is 2.24. The van der Waals surface area contributed by atoms with Crippen molar-refractivity contribution in [1.82, 2.24) is 0 Å². The molecule has 0 saturated carbocycles. The average molecular weight is 196 g/mol. The smallest absolute Gasteiger partial charge is 0.126 e. The number of hydrogen-bond donors (Lipinski definition) is 1. The third kappa shape index (κ3) is 2.47. The first-order valence-electron chi connectivity index (χ1n) is 5.13. The van der Waals surface area contributed by atoms with Crippen LogP contribution in [-0.2, 0) is 6.42 Å². The van der Waals surface area contributed by atoms with Gasteiger partial charge < -0.3 is 5.11 Å². The normalized spacial score (nSPS) is 10.5. The van der Waals surface area contributed by atoms with Gasteiger partial charge in [0.2, 0.25) is 0 Å². The summed E-state index contributed by atoms with van der Waals surface area (Å²) in [6, 6.07) is 2.75. The maximum absolute atomic E-state index is 13.2. The van der Waals surface area contributed by atoms with Crippen molar-refractivity contribution in [2.24, 2.45) is 0 Å². The molecule has 1 nitrogen and oxygen atoms in total. The van der Waals surface area contributed by atoms with E-state index in [2.05, 4.69) is 6.92 Å². The fourth-order valence-electron chi connectivity index (χ4n) is 1.58. The van der Waals surface area contributed by atoms with Crippen LogP contribution in [0.5, 0.6) is 5.75 Å². The lowest BCUT2D eigenvalue weighted by Gasteiger charge is -2.08. The second-order valence-corrected chi connectivity index (χ2v) is 3.63. The largest absolute Gasteiger partial charge is 0.508 e. The standard InChI is InChI=1S/C12H17FO/c1-3-4-5-6-10-9(2)11(13)7-8-12(10)14/h7-8,14H,3-6H2,1-2H3. The summed E-state index contributed by atoms with van der Waals surface area (Å²) in [4.78, 5) is 0. The topological polar surface area (TPSA) is 20.2 Å². The molecule has 78 valence electrons. The second kappa shape index (κ2) is 4.99. The molecule has 0 aliphatic heterocycles. The van der Waals surface area contributed by atoms with E-state index in [-0.39, 0.29) is 11.6 Å². The van der Waals surface area contributed by atoms with Gasteiger partial charge in [-0.1, -0.05) is 19.8 Å². The van der Waals surface area contributed by atoms with Crippen LogP contribution in [0.2, 0.25) is 0 Å². The average Bonchev–Trinajstić information content (AvgIpc) is 2.18. The van der Waals surface area contributed by atoms with E-state index >= 15 is 0 Å². The minimum atomic E-state index is -0.228. The molecule has 0 heterocycles. The molecule has 0 aromatic heterocycles. The van der Waals surface area contributed by atoms with Gasteiger partial charge in [-0.2, -0.15) is 0 Å². The molecule has 0 spiro atoms. The van der Waals surface area contributed by atoms with E-state index in [9.17, 15) is 9.50 Å². The Bertz CT molecular complexity index is 307. The molecule has 1 rings (SSSR count). The van der Waals surface area contributed by atoms with Gasteiger partial charge in [0.1, 0.15) is 11.6 Å². The molecule has 0 atom stereocenters. The van der Waals surface area contributed by atoms with Crippen LogP contribution < -0.4 is 0 Å². The molecule has 14 heavy (non-hydrogen) atoms. The molecule has 2 heteroatoms. The van der Waals surface area contributed by atoms with E-state index in [1.165, 1.54) is 12.1 Å². The predicted molar refractivity (Wildman–Crippen MR) is 56.0 cm³/mol. The van der Waals surface area contributed by atoms with Gasteiger partial charge in [0.05, 0.1) is 0 Å². The zero-order valence-corrected chi connectivity index (χ0v) is 8.81. The highest BCUT2D eigenvalue weighted by atomic mass is 19.1. The summed E-state index contributed by atoms with van der Waals surface area (Å²) >= 11 is 0. The number of benzene rings is 1. The van der Waals surface area contributed by atoms with Crippen LogP contribution in [0.4, 0.5) is 4.39 Å². The highest BCUT2D eigenvalue weighted by molar-refractivity contribution is 5.39. The molecule has 0 bridgehead atoms. The molecule has 0 radical (unpaired) electrons. The second-order valence-electron chi connectivity index (χ2n) is 3.63. The lowest BCUT2D eigenvalue weighted by molar-refractivity contribution is 0.462. The Morgan fingerprint density at radius 2 is 2.00 bits per heavy atom.